The van der Waals surface area contributed by atoms with Crippen LogP contribution in [0.4, 0.5) is 5.69 Å². The van der Waals surface area contributed by atoms with Crippen LogP contribution in [-0.2, 0) is 4.79 Å². The Hall–Kier alpha value is -2.33. The van der Waals surface area contributed by atoms with E-state index in [1.165, 1.54) is 0 Å². The minimum Gasteiger partial charge on any atom is -0.455 e. The summed E-state index contributed by atoms with van der Waals surface area (Å²) in [6, 6.07) is 16.9. The molecule has 2 aromatic rings. The van der Waals surface area contributed by atoms with Crippen molar-refractivity contribution in [2.24, 2.45) is 5.92 Å². The van der Waals surface area contributed by atoms with Crippen LogP contribution in [-0.4, -0.2) is 19.5 Å². The van der Waals surface area contributed by atoms with E-state index in [-0.39, 0.29) is 11.8 Å². The van der Waals surface area contributed by atoms with E-state index < -0.39 is 0 Å². The fraction of sp³-hybridized carbons (Fsp3) is 0.235. The molecule has 0 aromatic heterocycles. The van der Waals surface area contributed by atoms with Crippen LogP contribution < -0.4 is 15.4 Å². The third kappa shape index (κ3) is 4.33. The molecule has 4 nitrogen and oxygen atoms in total. The lowest BCUT2D eigenvalue weighted by Gasteiger charge is -2.15. The average Bonchev–Trinajstić information content (AvgIpc) is 2.50. The molecule has 0 aliphatic heterocycles. The molecule has 4 heteroatoms. The van der Waals surface area contributed by atoms with E-state index in [0.717, 1.165) is 5.75 Å². The first-order chi connectivity index (χ1) is 10.2. The summed E-state index contributed by atoms with van der Waals surface area (Å²) < 4.78 is 5.82. The summed E-state index contributed by atoms with van der Waals surface area (Å²) in [5, 5.41) is 5.91. The van der Waals surface area contributed by atoms with Crippen molar-refractivity contribution in [1.82, 2.24) is 5.32 Å². The molecule has 0 saturated heterocycles. The Morgan fingerprint density at radius 3 is 2.48 bits per heavy atom. The lowest BCUT2D eigenvalue weighted by molar-refractivity contribution is -0.119. The lowest BCUT2D eigenvalue weighted by atomic mass is 10.1. The maximum Gasteiger partial charge on any atom is 0.228 e. The quantitative estimate of drug-likeness (QED) is 0.856. The predicted molar refractivity (Wildman–Crippen MR) is 84.7 cm³/mol. The number of amides is 1. The van der Waals surface area contributed by atoms with Crippen molar-refractivity contribution in [3.05, 3.63) is 54.6 Å². The molecule has 2 rings (SSSR count). The third-order valence-corrected chi connectivity index (χ3v) is 3.07. The number of carbonyl (C=O) groups is 1. The molecular weight excluding hydrogens is 264 g/mol. The van der Waals surface area contributed by atoms with Gasteiger partial charge in [-0.05, 0) is 31.3 Å². The zero-order valence-electron chi connectivity index (χ0n) is 12.3. The molecule has 0 fully saturated rings. The molecule has 1 atom stereocenters. The highest BCUT2D eigenvalue weighted by Gasteiger charge is 2.14. The van der Waals surface area contributed by atoms with Gasteiger partial charge in [0.1, 0.15) is 5.75 Å². The second-order valence-electron chi connectivity index (χ2n) is 4.86. The highest BCUT2D eigenvalue weighted by Crippen LogP contribution is 2.29. The Bertz CT molecular complexity index is 584. The highest BCUT2D eigenvalue weighted by atomic mass is 16.5. The van der Waals surface area contributed by atoms with Gasteiger partial charge in [-0.3, -0.25) is 4.79 Å². The smallest absolute Gasteiger partial charge is 0.228 e. The molecule has 2 N–H and O–H groups in total. The number of benzene rings is 2. The standard InChI is InChI=1S/C17H20N2O2/c1-13(12-18-2)17(20)19-15-10-6-7-11-16(15)21-14-8-4-3-5-9-14/h3-11,13,18H,12H2,1-2H3,(H,19,20). The summed E-state index contributed by atoms with van der Waals surface area (Å²) in [4.78, 5) is 12.1. The van der Waals surface area contributed by atoms with Gasteiger partial charge >= 0.3 is 0 Å². The van der Waals surface area contributed by atoms with Gasteiger partial charge in [0, 0.05) is 12.5 Å². The number of rotatable bonds is 6. The van der Waals surface area contributed by atoms with Crippen molar-refractivity contribution in [2.75, 3.05) is 18.9 Å². The van der Waals surface area contributed by atoms with E-state index in [1.54, 1.807) is 0 Å². The zero-order valence-corrected chi connectivity index (χ0v) is 12.3. The number of ether oxygens (including phenoxy) is 1. The van der Waals surface area contributed by atoms with Gasteiger partial charge in [-0.2, -0.15) is 0 Å². The van der Waals surface area contributed by atoms with Gasteiger partial charge in [0.05, 0.1) is 5.69 Å². The summed E-state index contributed by atoms with van der Waals surface area (Å²) in [7, 11) is 1.83. The monoisotopic (exact) mass is 284 g/mol. The van der Waals surface area contributed by atoms with Gasteiger partial charge in [0.15, 0.2) is 5.75 Å². The molecule has 0 saturated carbocycles. The van der Waals surface area contributed by atoms with Crippen molar-refractivity contribution in [2.45, 2.75) is 6.92 Å². The molecule has 110 valence electrons. The van der Waals surface area contributed by atoms with Gasteiger partial charge in [-0.25, -0.2) is 0 Å². The minimum absolute atomic E-state index is 0.0338. The van der Waals surface area contributed by atoms with Crippen molar-refractivity contribution in [3.63, 3.8) is 0 Å². The zero-order chi connectivity index (χ0) is 15.1. The summed E-state index contributed by atoms with van der Waals surface area (Å²) in [6.45, 7) is 2.51. The fourth-order valence-corrected chi connectivity index (χ4v) is 1.93. The van der Waals surface area contributed by atoms with Crippen LogP contribution in [0.15, 0.2) is 54.6 Å². The number of carbonyl (C=O) groups excluding carboxylic acids is 1. The van der Waals surface area contributed by atoms with Gasteiger partial charge < -0.3 is 15.4 Å². The topological polar surface area (TPSA) is 50.4 Å². The van der Waals surface area contributed by atoms with E-state index >= 15 is 0 Å². The molecule has 0 spiro atoms. The summed E-state index contributed by atoms with van der Waals surface area (Å²) >= 11 is 0. The van der Waals surface area contributed by atoms with Crippen molar-refractivity contribution in [3.8, 4) is 11.5 Å². The summed E-state index contributed by atoms with van der Waals surface area (Å²) in [5.41, 5.74) is 0.675. The van der Waals surface area contributed by atoms with Gasteiger partial charge in [0.2, 0.25) is 5.91 Å². The first kappa shape index (κ1) is 15.1. The Morgan fingerprint density at radius 2 is 1.76 bits per heavy atom. The van der Waals surface area contributed by atoms with E-state index in [4.69, 9.17) is 4.74 Å². The first-order valence-corrected chi connectivity index (χ1v) is 6.98. The molecule has 2 aromatic carbocycles. The van der Waals surface area contributed by atoms with Crippen LogP contribution in [0.1, 0.15) is 6.92 Å². The Morgan fingerprint density at radius 1 is 1.10 bits per heavy atom. The number of para-hydroxylation sites is 3. The minimum atomic E-state index is -0.111. The predicted octanol–water partition coefficient (Wildman–Crippen LogP) is 3.27. The average molecular weight is 284 g/mol. The van der Waals surface area contributed by atoms with E-state index in [2.05, 4.69) is 10.6 Å². The Balaban J connectivity index is 2.12. The maximum absolute atomic E-state index is 12.1. The molecular formula is C17H20N2O2. The second kappa shape index (κ2) is 7.45. The number of hydrogen-bond acceptors (Lipinski definition) is 3. The summed E-state index contributed by atoms with van der Waals surface area (Å²) in [5.74, 6) is 1.23. The van der Waals surface area contributed by atoms with Crippen LogP contribution in [0.25, 0.3) is 0 Å². The second-order valence-corrected chi connectivity index (χ2v) is 4.86. The maximum atomic E-state index is 12.1. The van der Waals surface area contributed by atoms with Gasteiger partial charge in [0.25, 0.3) is 0 Å². The van der Waals surface area contributed by atoms with E-state index in [9.17, 15) is 4.79 Å². The Labute approximate surface area is 125 Å². The van der Waals surface area contributed by atoms with Gasteiger partial charge in [-0.1, -0.05) is 37.3 Å². The van der Waals surface area contributed by atoms with Crippen molar-refractivity contribution < 1.29 is 9.53 Å². The SMILES string of the molecule is CNCC(C)C(=O)Nc1ccccc1Oc1ccccc1. The molecule has 1 amide bonds. The molecule has 1 unspecified atom stereocenters. The fourth-order valence-electron chi connectivity index (χ4n) is 1.93. The normalized spacial score (nSPS) is 11.7. The molecule has 0 aliphatic carbocycles. The van der Waals surface area contributed by atoms with Crippen molar-refractivity contribution >= 4 is 11.6 Å². The molecule has 21 heavy (non-hydrogen) atoms. The number of hydrogen-bond donors (Lipinski definition) is 2. The van der Waals surface area contributed by atoms with E-state index in [0.29, 0.717) is 18.0 Å². The van der Waals surface area contributed by atoms with Gasteiger partial charge in [-0.15, -0.1) is 0 Å². The Kier molecular flexibility index (Phi) is 5.35. The molecule has 0 radical (unpaired) electrons. The van der Waals surface area contributed by atoms with Crippen LogP contribution >= 0.6 is 0 Å². The summed E-state index contributed by atoms with van der Waals surface area (Å²) in [6.07, 6.45) is 0. The van der Waals surface area contributed by atoms with E-state index in [1.807, 2.05) is 68.6 Å². The lowest BCUT2D eigenvalue weighted by Crippen LogP contribution is -2.28. The molecule has 0 bridgehead atoms. The van der Waals surface area contributed by atoms with Crippen molar-refractivity contribution in [1.29, 1.82) is 0 Å². The number of nitrogens with one attached hydrogen (secondary N) is 2. The van der Waals surface area contributed by atoms with Crippen LogP contribution in [0.5, 0.6) is 11.5 Å². The van der Waals surface area contributed by atoms with Crippen LogP contribution in [0, 0.1) is 5.92 Å². The largest absolute Gasteiger partial charge is 0.455 e. The third-order valence-electron chi connectivity index (χ3n) is 3.07. The first-order valence-electron chi connectivity index (χ1n) is 6.98. The molecule has 0 aliphatic rings. The highest BCUT2D eigenvalue weighted by molar-refractivity contribution is 5.93. The number of anilines is 1. The van der Waals surface area contributed by atoms with Crippen LogP contribution in [0.3, 0.4) is 0 Å². The van der Waals surface area contributed by atoms with Crippen LogP contribution in [0.2, 0.25) is 0 Å². The molecule has 0 heterocycles.